The Balaban J connectivity index is 1.50. The van der Waals surface area contributed by atoms with E-state index in [0.29, 0.717) is 0 Å². The molecule has 37 heavy (non-hydrogen) atoms. The van der Waals surface area contributed by atoms with Gasteiger partial charge in [0.2, 0.25) is 0 Å². The molecule has 6 aromatic carbocycles. The lowest BCUT2D eigenvalue weighted by atomic mass is 9.34. The number of aromatic nitrogens is 2. The van der Waals surface area contributed by atoms with Gasteiger partial charge in [0.25, 0.3) is 6.71 Å². The van der Waals surface area contributed by atoms with E-state index in [4.69, 9.17) is 0 Å². The molecule has 2 aromatic heterocycles. The summed E-state index contributed by atoms with van der Waals surface area (Å²) >= 11 is 0. The van der Waals surface area contributed by atoms with Crippen molar-refractivity contribution < 1.29 is 0 Å². The summed E-state index contributed by atoms with van der Waals surface area (Å²) < 4.78 is 5.08. The van der Waals surface area contributed by atoms with Gasteiger partial charge in [-0.3, -0.25) is 0 Å². The van der Waals surface area contributed by atoms with Crippen molar-refractivity contribution in [2.75, 3.05) is 0 Å². The molecule has 0 atom stereocenters. The maximum atomic E-state index is 2.56. The van der Waals surface area contributed by atoms with Gasteiger partial charge in [-0.15, -0.1) is 0 Å². The first-order chi connectivity index (χ1) is 18.4. The van der Waals surface area contributed by atoms with Crippen LogP contribution in [0.4, 0.5) is 0 Å². The van der Waals surface area contributed by atoms with E-state index < -0.39 is 0 Å². The molecular formula is C34H19BN2. The van der Waals surface area contributed by atoms with E-state index in [1.807, 2.05) is 0 Å². The van der Waals surface area contributed by atoms with Crippen molar-refractivity contribution >= 4 is 77.5 Å². The Morgan fingerprint density at radius 1 is 0.405 bits per heavy atom. The normalized spacial score (nSPS) is 13.4. The Labute approximate surface area is 213 Å². The van der Waals surface area contributed by atoms with Crippen LogP contribution in [0.15, 0.2) is 115 Å². The van der Waals surface area contributed by atoms with Crippen LogP contribution in [0, 0.1) is 0 Å². The first-order valence-electron chi connectivity index (χ1n) is 13.0. The molecule has 0 saturated carbocycles. The Hall–Kier alpha value is -4.76. The fourth-order valence-electron chi connectivity index (χ4n) is 7.56. The summed E-state index contributed by atoms with van der Waals surface area (Å²) in [5.41, 5.74) is 12.1. The van der Waals surface area contributed by atoms with Crippen LogP contribution in [0.25, 0.3) is 65.8 Å². The highest BCUT2D eigenvalue weighted by molar-refractivity contribution is 7.00. The first-order valence-corrected chi connectivity index (χ1v) is 13.0. The zero-order valence-electron chi connectivity index (χ0n) is 19.9. The van der Waals surface area contributed by atoms with Gasteiger partial charge in [-0.25, -0.2) is 0 Å². The molecule has 0 bridgehead atoms. The van der Waals surface area contributed by atoms with Crippen molar-refractivity contribution in [2.45, 2.75) is 0 Å². The van der Waals surface area contributed by atoms with Crippen LogP contribution in [0.5, 0.6) is 0 Å². The number of rotatable bonds is 0. The van der Waals surface area contributed by atoms with Crippen molar-refractivity contribution in [3.63, 3.8) is 0 Å². The average molecular weight is 466 g/mol. The van der Waals surface area contributed by atoms with Crippen LogP contribution >= 0.6 is 0 Å². The predicted octanol–water partition coefficient (Wildman–Crippen LogP) is 6.18. The SMILES string of the molecule is c1cc2c3c(c1)-n1c4c(cccc4c4ccc5ccccc5c41)B3c1cccc3c4ccccc4n-2c13. The lowest BCUT2D eigenvalue weighted by molar-refractivity contribution is 1.15. The van der Waals surface area contributed by atoms with E-state index >= 15 is 0 Å². The zero-order chi connectivity index (χ0) is 23.8. The van der Waals surface area contributed by atoms with E-state index in [2.05, 4.69) is 124 Å². The van der Waals surface area contributed by atoms with E-state index in [1.165, 1.54) is 82.1 Å². The van der Waals surface area contributed by atoms with Gasteiger partial charge in [0.1, 0.15) is 0 Å². The molecule has 0 fully saturated rings. The minimum absolute atomic E-state index is 0.207. The van der Waals surface area contributed by atoms with E-state index in [-0.39, 0.29) is 6.71 Å². The molecule has 3 heteroatoms. The molecule has 10 rings (SSSR count). The van der Waals surface area contributed by atoms with Gasteiger partial charge >= 0.3 is 0 Å². The van der Waals surface area contributed by atoms with Crippen LogP contribution in [-0.2, 0) is 0 Å². The fraction of sp³-hybridized carbons (Fsp3) is 0. The molecule has 8 aromatic rings. The molecule has 0 spiro atoms. The second-order valence-corrected chi connectivity index (χ2v) is 10.5. The first kappa shape index (κ1) is 18.5. The molecule has 2 aliphatic heterocycles. The topological polar surface area (TPSA) is 9.86 Å². The molecule has 4 heterocycles. The number of hydrogen-bond acceptors (Lipinski definition) is 0. The van der Waals surface area contributed by atoms with Gasteiger partial charge in [0, 0.05) is 49.3 Å². The summed E-state index contributed by atoms with van der Waals surface area (Å²) in [7, 11) is 0. The molecule has 0 amide bonds. The van der Waals surface area contributed by atoms with Crippen LogP contribution in [-0.4, -0.2) is 15.8 Å². The highest BCUT2D eigenvalue weighted by Crippen LogP contribution is 2.40. The quantitative estimate of drug-likeness (QED) is 0.236. The van der Waals surface area contributed by atoms with Crippen LogP contribution in [0.1, 0.15) is 0 Å². The lowest BCUT2D eigenvalue weighted by Gasteiger charge is -2.33. The average Bonchev–Trinajstić information content (AvgIpc) is 3.48. The van der Waals surface area contributed by atoms with Crippen molar-refractivity contribution in [2.24, 2.45) is 0 Å². The highest BCUT2D eigenvalue weighted by atomic mass is 15.0. The number of benzene rings is 6. The summed E-state index contributed by atoms with van der Waals surface area (Å²) in [6.45, 7) is 0.207. The molecule has 0 saturated heterocycles. The second kappa shape index (κ2) is 6.14. The van der Waals surface area contributed by atoms with Gasteiger partial charge in [0.15, 0.2) is 0 Å². The molecule has 0 unspecified atom stereocenters. The van der Waals surface area contributed by atoms with Crippen molar-refractivity contribution in [3.05, 3.63) is 115 Å². The second-order valence-electron chi connectivity index (χ2n) is 10.5. The molecule has 2 aliphatic rings. The molecular weight excluding hydrogens is 447 g/mol. The molecule has 0 radical (unpaired) electrons. The van der Waals surface area contributed by atoms with Crippen molar-refractivity contribution in [1.82, 2.24) is 9.13 Å². The third-order valence-corrected chi connectivity index (χ3v) is 8.88. The lowest BCUT2D eigenvalue weighted by Crippen LogP contribution is -2.59. The van der Waals surface area contributed by atoms with Crippen molar-refractivity contribution in [1.29, 1.82) is 0 Å². The highest BCUT2D eigenvalue weighted by Gasteiger charge is 2.40. The van der Waals surface area contributed by atoms with Crippen LogP contribution in [0.2, 0.25) is 0 Å². The van der Waals surface area contributed by atoms with Gasteiger partial charge in [-0.05, 0) is 40.0 Å². The number of fused-ring (bicyclic) bond motifs is 12. The maximum absolute atomic E-state index is 2.56. The summed E-state index contributed by atoms with van der Waals surface area (Å²) in [6, 6.07) is 43.0. The number of nitrogens with zero attached hydrogens (tertiary/aromatic N) is 2. The molecule has 0 aliphatic carbocycles. The summed E-state index contributed by atoms with van der Waals surface area (Å²) in [5, 5.41) is 7.93. The fourth-order valence-corrected chi connectivity index (χ4v) is 7.56. The standard InChI is InChI=1S/C34H19BN2/c1-2-9-21-20(8-1)18-19-25-24-12-6-14-27-34(24)37(32(21)25)30-17-7-16-29-31(30)35(27)26-13-5-11-23-22-10-3-4-15-28(22)36(29)33(23)26/h1-19H. The Kier molecular flexibility index (Phi) is 3.07. The monoisotopic (exact) mass is 466 g/mol. The number of para-hydroxylation sites is 3. The minimum Gasteiger partial charge on any atom is -0.310 e. The van der Waals surface area contributed by atoms with Crippen LogP contribution in [0.3, 0.4) is 0 Å². The van der Waals surface area contributed by atoms with E-state index in [1.54, 1.807) is 0 Å². The zero-order valence-corrected chi connectivity index (χ0v) is 19.9. The molecule has 2 nitrogen and oxygen atoms in total. The Morgan fingerprint density at radius 3 is 1.84 bits per heavy atom. The van der Waals surface area contributed by atoms with Crippen LogP contribution < -0.4 is 16.4 Å². The third-order valence-electron chi connectivity index (χ3n) is 8.88. The Morgan fingerprint density at radius 2 is 1.00 bits per heavy atom. The van der Waals surface area contributed by atoms with Gasteiger partial charge in [-0.1, -0.05) is 97.1 Å². The molecule has 168 valence electrons. The number of hydrogen-bond donors (Lipinski definition) is 0. The predicted molar refractivity (Wildman–Crippen MR) is 157 cm³/mol. The molecule has 0 N–H and O–H groups in total. The van der Waals surface area contributed by atoms with Gasteiger partial charge in [-0.2, -0.15) is 0 Å². The van der Waals surface area contributed by atoms with Gasteiger partial charge in [0.05, 0.1) is 11.0 Å². The van der Waals surface area contributed by atoms with Gasteiger partial charge < -0.3 is 9.13 Å². The van der Waals surface area contributed by atoms with E-state index in [9.17, 15) is 0 Å². The smallest absolute Gasteiger partial charge is 0.252 e. The summed E-state index contributed by atoms with van der Waals surface area (Å²) in [6.07, 6.45) is 0. The summed E-state index contributed by atoms with van der Waals surface area (Å²) in [4.78, 5) is 0. The van der Waals surface area contributed by atoms with Crippen molar-refractivity contribution in [3.8, 4) is 11.4 Å². The maximum Gasteiger partial charge on any atom is 0.252 e. The Bertz CT molecular complexity index is 2320. The largest absolute Gasteiger partial charge is 0.310 e. The summed E-state index contributed by atoms with van der Waals surface area (Å²) in [5.74, 6) is 0. The third kappa shape index (κ3) is 1.98. The minimum atomic E-state index is 0.207. The van der Waals surface area contributed by atoms with E-state index in [0.717, 1.165) is 0 Å².